The molecule has 0 saturated heterocycles. The molecule has 5 heteroatoms. The van der Waals surface area contributed by atoms with Gasteiger partial charge in [0.1, 0.15) is 0 Å². The van der Waals surface area contributed by atoms with Crippen molar-refractivity contribution in [3.8, 4) is 0 Å². The van der Waals surface area contributed by atoms with Crippen LogP contribution in [0.15, 0.2) is 42.5 Å². The van der Waals surface area contributed by atoms with Gasteiger partial charge in [-0.25, -0.2) is 0 Å². The predicted octanol–water partition coefficient (Wildman–Crippen LogP) is 0.789. The SMILES string of the molecule is O=C(Cc1ccccc1)NCCC(=O)N[C@@H]1C=C[C@H](CO)C1. The maximum absolute atomic E-state index is 11.8. The van der Waals surface area contributed by atoms with E-state index in [9.17, 15) is 9.59 Å². The van der Waals surface area contributed by atoms with E-state index in [1.54, 1.807) is 0 Å². The van der Waals surface area contributed by atoms with Gasteiger partial charge in [-0.2, -0.15) is 0 Å². The van der Waals surface area contributed by atoms with Crippen LogP contribution in [0.2, 0.25) is 0 Å². The topological polar surface area (TPSA) is 78.4 Å². The molecule has 2 amide bonds. The largest absolute Gasteiger partial charge is 0.396 e. The lowest BCUT2D eigenvalue weighted by atomic mass is 10.1. The molecule has 1 aromatic rings. The highest BCUT2D eigenvalue weighted by atomic mass is 16.3. The number of aliphatic hydroxyl groups is 1. The van der Waals surface area contributed by atoms with Crippen molar-refractivity contribution in [3.05, 3.63) is 48.0 Å². The van der Waals surface area contributed by atoms with E-state index in [1.165, 1.54) is 0 Å². The molecule has 22 heavy (non-hydrogen) atoms. The van der Waals surface area contributed by atoms with Crippen LogP contribution in [0.5, 0.6) is 0 Å². The summed E-state index contributed by atoms with van der Waals surface area (Å²) in [5.41, 5.74) is 0.954. The minimum Gasteiger partial charge on any atom is -0.396 e. The summed E-state index contributed by atoms with van der Waals surface area (Å²) in [4.78, 5) is 23.5. The Labute approximate surface area is 130 Å². The summed E-state index contributed by atoms with van der Waals surface area (Å²) in [7, 11) is 0. The fourth-order valence-electron chi connectivity index (χ4n) is 2.46. The smallest absolute Gasteiger partial charge is 0.224 e. The second-order valence-electron chi connectivity index (χ2n) is 5.50. The average Bonchev–Trinajstić information content (AvgIpc) is 2.95. The summed E-state index contributed by atoms with van der Waals surface area (Å²) < 4.78 is 0. The van der Waals surface area contributed by atoms with Crippen molar-refractivity contribution < 1.29 is 14.7 Å². The van der Waals surface area contributed by atoms with E-state index < -0.39 is 0 Å². The fraction of sp³-hybridized carbons (Fsp3) is 0.412. The number of benzene rings is 1. The first-order chi connectivity index (χ1) is 10.7. The summed E-state index contributed by atoms with van der Waals surface area (Å²) >= 11 is 0. The van der Waals surface area contributed by atoms with Gasteiger partial charge in [0.05, 0.1) is 6.42 Å². The minimum atomic E-state index is -0.0896. The van der Waals surface area contributed by atoms with E-state index in [-0.39, 0.29) is 36.8 Å². The van der Waals surface area contributed by atoms with Crippen LogP contribution in [0.1, 0.15) is 18.4 Å². The zero-order chi connectivity index (χ0) is 15.8. The van der Waals surface area contributed by atoms with Crippen molar-refractivity contribution in [2.24, 2.45) is 5.92 Å². The first-order valence-electron chi connectivity index (χ1n) is 7.56. The van der Waals surface area contributed by atoms with Crippen LogP contribution in [0.4, 0.5) is 0 Å². The molecule has 2 rings (SSSR count). The monoisotopic (exact) mass is 302 g/mol. The molecule has 0 aromatic heterocycles. The molecular formula is C17H22N2O3. The van der Waals surface area contributed by atoms with Crippen molar-refractivity contribution >= 4 is 11.8 Å². The molecule has 0 unspecified atom stereocenters. The van der Waals surface area contributed by atoms with Crippen molar-refractivity contribution in [2.45, 2.75) is 25.3 Å². The number of nitrogens with one attached hydrogen (secondary N) is 2. The van der Waals surface area contributed by atoms with E-state index in [2.05, 4.69) is 10.6 Å². The summed E-state index contributed by atoms with van der Waals surface area (Å²) in [5.74, 6) is -0.0377. The first-order valence-corrected chi connectivity index (χ1v) is 7.56. The fourth-order valence-corrected chi connectivity index (χ4v) is 2.46. The van der Waals surface area contributed by atoms with Crippen LogP contribution < -0.4 is 10.6 Å². The zero-order valence-corrected chi connectivity index (χ0v) is 12.5. The number of hydrogen-bond donors (Lipinski definition) is 3. The predicted molar refractivity (Wildman–Crippen MR) is 84.0 cm³/mol. The molecule has 0 saturated carbocycles. The van der Waals surface area contributed by atoms with Gasteiger partial charge in [0.15, 0.2) is 0 Å². The van der Waals surface area contributed by atoms with E-state index in [0.29, 0.717) is 13.0 Å². The van der Waals surface area contributed by atoms with E-state index >= 15 is 0 Å². The minimum absolute atomic E-state index is 0.00956. The number of carbonyl (C=O) groups excluding carboxylic acids is 2. The quantitative estimate of drug-likeness (QED) is 0.652. The summed E-state index contributed by atoms with van der Waals surface area (Å²) in [6, 6.07) is 9.48. The molecule has 1 aromatic carbocycles. The van der Waals surface area contributed by atoms with E-state index in [0.717, 1.165) is 12.0 Å². The molecule has 0 aliphatic heterocycles. The van der Waals surface area contributed by atoms with Gasteiger partial charge in [-0.05, 0) is 12.0 Å². The third-order valence-electron chi connectivity index (χ3n) is 3.63. The molecule has 5 nitrogen and oxygen atoms in total. The first kappa shape index (κ1) is 16.2. The van der Waals surface area contributed by atoms with Crippen LogP contribution in [0.3, 0.4) is 0 Å². The van der Waals surface area contributed by atoms with Crippen molar-refractivity contribution in [1.82, 2.24) is 10.6 Å². The van der Waals surface area contributed by atoms with Gasteiger partial charge in [0, 0.05) is 31.5 Å². The Hall–Kier alpha value is -2.14. The van der Waals surface area contributed by atoms with Crippen LogP contribution in [0, 0.1) is 5.92 Å². The molecule has 0 heterocycles. The lowest BCUT2D eigenvalue weighted by Gasteiger charge is -2.13. The Kier molecular flexibility index (Phi) is 6.15. The number of carbonyl (C=O) groups is 2. The lowest BCUT2D eigenvalue weighted by molar-refractivity contribution is -0.122. The summed E-state index contributed by atoms with van der Waals surface area (Å²) in [6.07, 6.45) is 5.16. The third-order valence-corrected chi connectivity index (χ3v) is 3.63. The average molecular weight is 302 g/mol. The normalized spacial score (nSPS) is 19.9. The van der Waals surface area contributed by atoms with Gasteiger partial charge in [-0.3, -0.25) is 9.59 Å². The maximum atomic E-state index is 11.8. The van der Waals surface area contributed by atoms with Crippen molar-refractivity contribution in [1.29, 1.82) is 0 Å². The van der Waals surface area contributed by atoms with Gasteiger partial charge in [-0.1, -0.05) is 42.5 Å². The zero-order valence-electron chi connectivity index (χ0n) is 12.5. The van der Waals surface area contributed by atoms with Gasteiger partial charge in [0.25, 0.3) is 0 Å². The molecule has 1 aliphatic carbocycles. The number of hydrogen-bond acceptors (Lipinski definition) is 3. The van der Waals surface area contributed by atoms with Gasteiger partial charge in [-0.15, -0.1) is 0 Å². The molecule has 1 aliphatic rings. The van der Waals surface area contributed by atoms with E-state index in [1.807, 2.05) is 42.5 Å². The number of aliphatic hydroxyl groups excluding tert-OH is 1. The van der Waals surface area contributed by atoms with Crippen molar-refractivity contribution in [3.63, 3.8) is 0 Å². The molecule has 118 valence electrons. The molecule has 3 N–H and O–H groups in total. The Morgan fingerprint density at radius 2 is 1.91 bits per heavy atom. The van der Waals surface area contributed by atoms with Crippen molar-refractivity contribution in [2.75, 3.05) is 13.2 Å². The van der Waals surface area contributed by atoms with Crippen LogP contribution in [-0.2, 0) is 16.0 Å². The molecule has 0 radical (unpaired) electrons. The van der Waals surface area contributed by atoms with Crippen LogP contribution in [-0.4, -0.2) is 36.1 Å². The second kappa shape index (κ2) is 8.34. The molecular weight excluding hydrogens is 280 g/mol. The third kappa shape index (κ3) is 5.33. The molecule has 0 spiro atoms. The van der Waals surface area contributed by atoms with Crippen LogP contribution >= 0.6 is 0 Å². The number of amides is 2. The van der Waals surface area contributed by atoms with Gasteiger partial charge in [0.2, 0.25) is 11.8 Å². The second-order valence-corrected chi connectivity index (χ2v) is 5.50. The molecule has 0 bridgehead atoms. The lowest BCUT2D eigenvalue weighted by Crippen LogP contribution is -2.36. The Morgan fingerprint density at radius 1 is 1.14 bits per heavy atom. The van der Waals surface area contributed by atoms with E-state index in [4.69, 9.17) is 5.11 Å². The van der Waals surface area contributed by atoms with Crippen LogP contribution in [0.25, 0.3) is 0 Å². The van der Waals surface area contributed by atoms with Gasteiger partial charge < -0.3 is 15.7 Å². The molecule has 2 atom stereocenters. The van der Waals surface area contributed by atoms with Gasteiger partial charge >= 0.3 is 0 Å². The Balaban J connectivity index is 1.61. The highest BCUT2D eigenvalue weighted by Crippen LogP contribution is 2.16. The highest BCUT2D eigenvalue weighted by molar-refractivity contribution is 5.80. The summed E-state index contributed by atoms with van der Waals surface area (Å²) in [6.45, 7) is 0.440. The maximum Gasteiger partial charge on any atom is 0.224 e. The standard InChI is InChI=1S/C17H22N2O3/c20-12-14-6-7-15(10-14)19-16(21)8-9-18-17(22)11-13-4-2-1-3-5-13/h1-7,14-15,20H,8-12H2,(H,18,22)(H,19,21)/t14-,15+/m0/s1. The highest BCUT2D eigenvalue weighted by Gasteiger charge is 2.19. The Morgan fingerprint density at radius 3 is 2.59 bits per heavy atom. The summed E-state index contributed by atoms with van der Waals surface area (Å²) in [5, 5.41) is 14.7. The number of rotatable bonds is 7. The Bertz CT molecular complexity index is 528. The molecule has 0 fully saturated rings.